The number of rotatable bonds is 8. The number of methoxy groups -OCH3 is 2. The average Bonchev–Trinajstić information content (AvgIpc) is 2.75. The minimum Gasteiger partial charge on any atom is -0.497 e. The van der Waals surface area contributed by atoms with E-state index in [4.69, 9.17) is 18.6 Å². The minimum atomic E-state index is -0.557. The number of hydrogen-bond donors (Lipinski definition) is 0. The third kappa shape index (κ3) is 5.07. The first-order valence-electron chi connectivity index (χ1n) is 9.04. The summed E-state index contributed by atoms with van der Waals surface area (Å²) in [4.78, 5) is 36.4. The topological polar surface area (TPSA) is 92.0 Å². The summed E-state index contributed by atoms with van der Waals surface area (Å²) in [6, 6.07) is 11.4. The van der Waals surface area contributed by atoms with Gasteiger partial charge in [-0.05, 0) is 30.3 Å². The van der Waals surface area contributed by atoms with Gasteiger partial charge in [0.25, 0.3) is 0 Å². The number of fused-ring (bicyclic) bond motifs is 1. The Morgan fingerprint density at radius 3 is 2.53 bits per heavy atom. The van der Waals surface area contributed by atoms with Crippen molar-refractivity contribution in [3.63, 3.8) is 0 Å². The van der Waals surface area contributed by atoms with Crippen LogP contribution in [-0.4, -0.2) is 26.0 Å². The van der Waals surface area contributed by atoms with Crippen LogP contribution in [0.15, 0.2) is 56.1 Å². The lowest BCUT2D eigenvalue weighted by Crippen LogP contribution is -2.10. The van der Waals surface area contributed by atoms with Crippen molar-refractivity contribution in [2.45, 2.75) is 19.4 Å². The molecule has 0 aliphatic heterocycles. The predicted molar refractivity (Wildman–Crippen MR) is 113 cm³/mol. The highest BCUT2D eigenvalue weighted by molar-refractivity contribution is 9.10. The monoisotopic (exact) mass is 474 g/mol. The molecule has 0 atom stereocenters. The molecule has 0 aliphatic rings. The van der Waals surface area contributed by atoms with Crippen molar-refractivity contribution in [3.8, 4) is 11.5 Å². The third-order valence-corrected chi connectivity index (χ3v) is 4.94. The quantitative estimate of drug-likeness (QED) is 0.273. The predicted octanol–water partition coefficient (Wildman–Crippen LogP) is 4.28. The Morgan fingerprint density at radius 2 is 1.80 bits per heavy atom. The lowest BCUT2D eigenvalue weighted by Gasteiger charge is -2.09. The summed E-state index contributed by atoms with van der Waals surface area (Å²) in [5.74, 6) is 0.200. The van der Waals surface area contributed by atoms with Crippen LogP contribution in [0.5, 0.6) is 11.5 Å². The van der Waals surface area contributed by atoms with Crippen molar-refractivity contribution < 1.29 is 28.2 Å². The van der Waals surface area contributed by atoms with Crippen molar-refractivity contribution in [1.29, 1.82) is 0 Å². The number of benzene rings is 2. The highest BCUT2D eigenvalue weighted by atomic mass is 79.9. The van der Waals surface area contributed by atoms with Crippen molar-refractivity contribution in [1.82, 2.24) is 0 Å². The number of hydrogen-bond acceptors (Lipinski definition) is 7. The molecule has 7 nitrogen and oxygen atoms in total. The summed E-state index contributed by atoms with van der Waals surface area (Å²) in [6.07, 6.45) is -0.123. The van der Waals surface area contributed by atoms with Gasteiger partial charge in [-0.1, -0.05) is 15.9 Å². The SMILES string of the molecule is COc1ccc2c(COC(=O)CCC(=O)c3cc(Br)ccc3OC)cc(=O)oc2c1. The van der Waals surface area contributed by atoms with Gasteiger partial charge in [-0.25, -0.2) is 4.79 Å². The van der Waals surface area contributed by atoms with Crippen LogP contribution in [0, 0.1) is 0 Å². The van der Waals surface area contributed by atoms with Crippen molar-refractivity contribution in [2.24, 2.45) is 0 Å². The Balaban J connectivity index is 1.65. The second kappa shape index (κ2) is 9.58. The zero-order chi connectivity index (χ0) is 21.7. The molecule has 1 aromatic heterocycles. The molecule has 0 aliphatic carbocycles. The van der Waals surface area contributed by atoms with Gasteiger partial charge in [0, 0.05) is 34.0 Å². The summed E-state index contributed by atoms with van der Waals surface area (Å²) in [7, 11) is 2.99. The Bertz CT molecular complexity index is 1150. The molecule has 3 rings (SSSR count). The van der Waals surface area contributed by atoms with Gasteiger partial charge in [0.2, 0.25) is 0 Å². The summed E-state index contributed by atoms with van der Waals surface area (Å²) >= 11 is 3.32. The smallest absolute Gasteiger partial charge is 0.336 e. The maximum Gasteiger partial charge on any atom is 0.336 e. The fourth-order valence-corrected chi connectivity index (χ4v) is 3.30. The highest BCUT2D eigenvalue weighted by Crippen LogP contribution is 2.25. The van der Waals surface area contributed by atoms with Crippen LogP contribution in [0.25, 0.3) is 11.0 Å². The number of carbonyl (C=O) groups is 2. The number of esters is 1. The Labute approximate surface area is 180 Å². The molecule has 2 aromatic carbocycles. The first-order valence-corrected chi connectivity index (χ1v) is 9.83. The molecule has 0 spiro atoms. The number of Topliss-reactive ketones (excluding diaryl/α,β-unsaturated/α-hetero) is 1. The van der Waals surface area contributed by atoms with Crippen LogP contribution in [0.2, 0.25) is 0 Å². The number of ether oxygens (including phenoxy) is 3. The van der Waals surface area contributed by atoms with Crippen molar-refractivity contribution >= 4 is 38.7 Å². The molecule has 156 valence electrons. The number of carbonyl (C=O) groups excluding carboxylic acids is 2. The van der Waals surface area contributed by atoms with E-state index in [9.17, 15) is 14.4 Å². The van der Waals surface area contributed by atoms with E-state index in [2.05, 4.69) is 15.9 Å². The molecule has 0 amide bonds. The molecule has 0 unspecified atom stereocenters. The van der Waals surface area contributed by atoms with E-state index >= 15 is 0 Å². The Hall–Kier alpha value is -3.13. The van der Waals surface area contributed by atoms with E-state index in [1.165, 1.54) is 20.3 Å². The van der Waals surface area contributed by atoms with Gasteiger partial charge in [-0.2, -0.15) is 0 Å². The standard InChI is InChI=1S/C22H19BrO7/c1-27-15-4-5-16-13(9-22(26)30-20(16)11-15)12-29-21(25)8-6-18(24)17-10-14(23)3-7-19(17)28-2/h3-5,7,9-11H,6,8,12H2,1-2H3. The van der Waals surface area contributed by atoms with Gasteiger partial charge in [0.05, 0.1) is 26.2 Å². The van der Waals surface area contributed by atoms with Crippen LogP contribution in [0.4, 0.5) is 0 Å². The molecule has 0 fully saturated rings. The van der Waals surface area contributed by atoms with E-state index < -0.39 is 11.6 Å². The third-order valence-electron chi connectivity index (χ3n) is 4.44. The number of halogens is 1. The van der Waals surface area contributed by atoms with E-state index in [-0.39, 0.29) is 25.2 Å². The number of ketones is 1. The van der Waals surface area contributed by atoms with E-state index in [0.29, 0.717) is 33.6 Å². The van der Waals surface area contributed by atoms with Crippen LogP contribution in [0.1, 0.15) is 28.8 Å². The summed E-state index contributed by atoms with van der Waals surface area (Å²) in [5.41, 5.74) is 0.682. The molecule has 0 saturated heterocycles. The van der Waals surface area contributed by atoms with Gasteiger partial charge >= 0.3 is 11.6 Å². The molecule has 0 radical (unpaired) electrons. The Kier molecular flexibility index (Phi) is 6.89. The molecule has 0 saturated carbocycles. The molecule has 1 heterocycles. The lowest BCUT2D eigenvalue weighted by molar-refractivity contribution is -0.144. The van der Waals surface area contributed by atoms with Gasteiger partial charge in [-0.15, -0.1) is 0 Å². The molecule has 0 bridgehead atoms. The summed E-state index contributed by atoms with van der Waals surface area (Å²) < 4.78 is 21.5. The fraction of sp³-hybridized carbons (Fsp3) is 0.227. The summed E-state index contributed by atoms with van der Waals surface area (Å²) in [5, 5.41) is 0.637. The molecule has 30 heavy (non-hydrogen) atoms. The van der Waals surface area contributed by atoms with Gasteiger partial charge in [-0.3, -0.25) is 9.59 Å². The molecular formula is C22H19BrO7. The fourth-order valence-electron chi connectivity index (χ4n) is 2.94. The maximum atomic E-state index is 12.5. The Morgan fingerprint density at radius 1 is 1.00 bits per heavy atom. The zero-order valence-corrected chi connectivity index (χ0v) is 18.0. The molecule has 8 heteroatoms. The second-order valence-electron chi connectivity index (χ2n) is 6.38. The van der Waals surface area contributed by atoms with E-state index in [1.54, 1.807) is 36.4 Å². The average molecular weight is 475 g/mol. The van der Waals surface area contributed by atoms with Crippen molar-refractivity contribution in [2.75, 3.05) is 14.2 Å². The summed E-state index contributed by atoms with van der Waals surface area (Å²) in [6.45, 7) is -0.109. The normalized spacial score (nSPS) is 10.6. The van der Waals surface area contributed by atoms with Crippen LogP contribution in [0.3, 0.4) is 0 Å². The molecule has 3 aromatic rings. The van der Waals surface area contributed by atoms with Gasteiger partial charge in [0.15, 0.2) is 5.78 Å². The highest BCUT2D eigenvalue weighted by Gasteiger charge is 2.16. The maximum absolute atomic E-state index is 12.5. The van der Waals surface area contributed by atoms with E-state index in [1.807, 2.05) is 0 Å². The lowest BCUT2D eigenvalue weighted by atomic mass is 10.1. The van der Waals surface area contributed by atoms with Crippen molar-refractivity contribution in [3.05, 3.63) is 68.5 Å². The first kappa shape index (κ1) is 21.6. The second-order valence-corrected chi connectivity index (χ2v) is 7.30. The van der Waals surface area contributed by atoms with Crippen LogP contribution in [-0.2, 0) is 16.1 Å². The van der Waals surface area contributed by atoms with Crippen LogP contribution < -0.4 is 15.1 Å². The minimum absolute atomic E-state index is 0.0273. The first-order chi connectivity index (χ1) is 14.4. The molecule has 0 N–H and O–H groups in total. The van der Waals surface area contributed by atoms with Crippen LogP contribution >= 0.6 is 15.9 Å². The van der Waals surface area contributed by atoms with Gasteiger partial charge < -0.3 is 18.6 Å². The van der Waals surface area contributed by atoms with E-state index in [0.717, 1.165) is 4.47 Å². The van der Waals surface area contributed by atoms with Gasteiger partial charge in [0.1, 0.15) is 23.7 Å². The zero-order valence-electron chi connectivity index (χ0n) is 16.4. The largest absolute Gasteiger partial charge is 0.497 e. The molecular weight excluding hydrogens is 456 g/mol.